The zero-order valence-electron chi connectivity index (χ0n) is 15.8. The summed E-state index contributed by atoms with van der Waals surface area (Å²) < 4.78 is 37.5. The van der Waals surface area contributed by atoms with E-state index in [9.17, 15) is 23.2 Å². The maximum Gasteiger partial charge on any atom is 0.337 e. The highest BCUT2D eigenvalue weighted by Gasteiger charge is 2.18. The second-order valence-electron chi connectivity index (χ2n) is 5.93. The number of halogens is 2. The van der Waals surface area contributed by atoms with Gasteiger partial charge in [-0.05, 0) is 36.4 Å². The van der Waals surface area contributed by atoms with Gasteiger partial charge in [-0.15, -0.1) is 0 Å². The Kier molecular flexibility index (Phi) is 5.86. The van der Waals surface area contributed by atoms with E-state index in [0.717, 1.165) is 22.9 Å². The lowest BCUT2D eigenvalue weighted by molar-refractivity contribution is 0.0600. The molecule has 0 saturated carbocycles. The van der Waals surface area contributed by atoms with Gasteiger partial charge >= 0.3 is 5.97 Å². The molecule has 1 heterocycles. The summed E-state index contributed by atoms with van der Waals surface area (Å²) in [7, 11) is 2.50. The number of nitrogens with zero attached hydrogens (tertiary/aromatic N) is 2. The molecular formula is C20H15F2N3O5. The number of nitrogens with one attached hydrogen (secondary N) is 1. The van der Waals surface area contributed by atoms with E-state index in [1.165, 1.54) is 44.6 Å². The van der Waals surface area contributed by atoms with Crippen LogP contribution in [-0.4, -0.2) is 35.9 Å². The van der Waals surface area contributed by atoms with Crippen molar-refractivity contribution in [2.45, 2.75) is 0 Å². The number of hydrogen-bond acceptors (Lipinski definition) is 6. The van der Waals surface area contributed by atoms with Crippen molar-refractivity contribution >= 4 is 17.6 Å². The van der Waals surface area contributed by atoms with Crippen LogP contribution in [0.15, 0.2) is 53.3 Å². The zero-order chi connectivity index (χ0) is 21.8. The zero-order valence-corrected chi connectivity index (χ0v) is 15.8. The van der Waals surface area contributed by atoms with Gasteiger partial charge in [-0.25, -0.2) is 18.3 Å². The molecule has 8 nitrogen and oxygen atoms in total. The van der Waals surface area contributed by atoms with Gasteiger partial charge in [0.1, 0.15) is 0 Å². The van der Waals surface area contributed by atoms with Crippen LogP contribution in [-0.2, 0) is 4.74 Å². The normalized spacial score (nSPS) is 10.4. The van der Waals surface area contributed by atoms with Crippen molar-refractivity contribution in [1.29, 1.82) is 0 Å². The monoisotopic (exact) mass is 415 g/mol. The Bertz CT molecular complexity index is 1180. The van der Waals surface area contributed by atoms with Crippen LogP contribution >= 0.6 is 0 Å². The second-order valence-corrected chi connectivity index (χ2v) is 5.93. The van der Waals surface area contributed by atoms with Crippen LogP contribution in [0.4, 0.5) is 14.5 Å². The summed E-state index contributed by atoms with van der Waals surface area (Å²) in [6.45, 7) is 0. The summed E-state index contributed by atoms with van der Waals surface area (Å²) in [6, 6.07) is 9.71. The minimum absolute atomic E-state index is 0.0437. The van der Waals surface area contributed by atoms with Crippen LogP contribution in [0.3, 0.4) is 0 Å². The maximum atomic E-state index is 13.6. The number of carbonyl (C=O) groups excluding carboxylic acids is 2. The topological polar surface area (TPSA) is 99.5 Å². The number of ether oxygens (including phenoxy) is 2. The number of hydrogen-bond donors (Lipinski definition) is 1. The Labute approximate surface area is 168 Å². The number of rotatable bonds is 5. The molecule has 30 heavy (non-hydrogen) atoms. The van der Waals surface area contributed by atoms with Crippen LogP contribution in [0.5, 0.6) is 5.88 Å². The third-order valence-corrected chi connectivity index (χ3v) is 4.03. The molecule has 3 rings (SSSR count). The Morgan fingerprint density at radius 3 is 2.30 bits per heavy atom. The third kappa shape index (κ3) is 4.17. The van der Waals surface area contributed by atoms with E-state index < -0.39 is 34.6 Å². The highest BCUT2D eigenvalue weighted by molar-refractivity contribution is 6.03. The molecule has 0 aliphatic carbocycles. The van der Waals surface area contributed by atoms with Crippen LogP contribution in [0.1, 0.15) is 20.8 Å². The van der Waals surface area contributed by atoms with Crippen molar-refractivity contribution in [2.75, 3.05) is 19.5 Å². The lowest BCUT2D eigenvalue weighted by Gasteiger charge is -2.13. The number of amides is 1. The summed E-state index contributed by atoms with van der Waals surface area (Å²) in [5.74, 6) is -3.66. The van der Waals surface area contributed by atoms with Gasteiger partial charge in [0.25, 0.3) is 5.91 Å². The Morgan fingerprint density at radius 1 is 1.00 bits per heavy atom. The number of anilines is 1. The minimum Gasteiger partial charge on any atom is -0.481 e. The average Bonchev–Trinajstić information content (AvgIpc) is 2.75. The molecule has 10 heteroatoms. The van der Waals surface area contributed by atoms with Gasteiger partial charge in [0.05, 0.1) is 31.5 Å². The Hall–Kier alpha value is -4.08. The molecule has 0 fully saturated rings. The first-order valence-corrected chi connectivity index (χ1v) is 8.47. The number of esters is 1. The SMILES string of the molecule is COC(=O)c1ccc(NC(=O)c2nn(-c3ccc(F)c(F)c3)c(OC)cc2=O)cc1. The van der Waals surface area contributed by atoms with Crippen molar-refractivity contribution in [3.05, 3.63) is 81.6 Å². The molecule has 1 amide bonds. The molecule has 0 aliphatic rings. The van der Waals surface area contributed by atoms with Gasteiger partial charge in [-0.2, -0.15) is 5.10 Å². The maximum absolute atomic E-state index is 13.6. The Morgan fingerprint density at radius 2 is 1.70 bits per heavy atom. The minimum atomic E-state index is -1.13. The fourth-order valence-corrected chi connectivity index (χ4v) is 2.54. The highest BCUT2D eigenvalue weighted by Crippen LogP contribution is 2.18. The molecule has 0 unspecified atom stereocenters. The first kappa shape index (κ1) is 20.6. The fourth-order valence-electron chi connectivity index (χ4n) is 2.54. The quantitative estimate of drug-likeness (QED) is 0.643. The van der Waals surface area contributed by atoms with E-state index in [2.05, 4.69) is 15.2 Å². The van der Waals surface area contributed by atoms with Gasteiger partial charge in [0.15, 0.2) is 17.3 Å². The average molecular weight is 415 g/mol. The standard InChI is InChI=1S/C20H15F2N3O5/c1-29-17-10-16(26)18(24-25(17)13-7-8-14(21)15(22)9-13)19(27)23-12-5-3-11(4-6-12)20(28)30-2/h3-10H,1-2H3,(H,23,27). The Balaban J connectivity index is 1.95. The summed E-state index contributed by atoms with van der Waals surface area (Å²) >= 11 is 0. The summed E-state index contributed by atoms with van der Waals surface area (Å²) in [5.41, 5.74) is -0.628. The molecule has 0 radical (unpaired) electrons. The van der Waals surface area contributed by atoms with Gasteiger partial charge in [0.2, 0.25) is 11.3 Å². The van der Waals surface area contributed by atoms with Crippen LogP contribution < -0.4 is 15.5 Å². The second kappa shape index (κ2) is 8.52. The van der Waals surface area contributed by atoms with E-state index in [-0.39, 0.29) is 17.1 Å². The number of carbonyl (C=O) groups is 2. The molecule has 1 N–H and O–H groups in total. The van der Waals surface area contributed by atoms with E-state index in [0.29, 0.717) is 5.69 Å². The molecule has 0 aliphatic heterocycles. The molecule has 154 valence electrons. The van der Waals surface area contributed by atoms with Crippen molar-refractivity contribution in [2.24, 2.45) is 0 Å². The van der Waals surface area contributed by atoms with Gasteiger partial charge < -0.3 is 14.8 Å². The van der Waals surface area contributed by atoms with Crippen molar-refractivity contribution in [1.82, 2.24) is 9.78 Å². The number of methoxy groups -OCH3 is 2. The van der Waals surface area contributed by atoms with Crippen molar-refractivity contribution in [3.8, 4) is 11.6 Å². The molecule has 0 spiro atoms. The first-order valence-electron chi connectivity index (χ1n) is 8.47. The van der Waals surface area contributed by atoms with E-state index in [4.69, 9.17) is 4.74 Å². The van der Waals surface area contributed by atoms with Crippen molar-refractivity contribution < 1.29 is 27.8 Å². The van der Waals surface area contributed by atoms with Crippen LogP contribution in [0.25, 0.3) is 5.69 Å². The summed E-state index contributed by atoms with van der Waals surface area (Å²) in [5, 5.41) is 6.42. The predicted octanol–water partition coefficient (Wildman–Crippen LogP) is 2.56. The molecule has 1 aromatic heterocycles. The molecular weight excluding hydrogens is 400 g/mol. The number of benzene rings is 2. The molecule has 0 bridgehead atoms. The van der Waals surface area contributed by atoms with Crippen molar-refractivity contribution in [3.63, 3.8) is 0 Å². The smallest absolute Gasteiger partial charge is 0.337 e. The lowest BCUT2D eigenvalue weighted by atomic mass is 10.2. The van der Waals surface area contributed by atoms with Crippen LogP contribution in [0, 0.1) is 11.6 Å². The first-order chi connectivity index (χ1) is 14.3. The highest BCUT2D eigenvalue weighted by atomic mass is 19.2. The molecule has 0 atom stereocenters. The summed E-state index contributed by atoms with van der Waals surface area (Å²) in [6.07, 6.45) is 0. The van der Waals surface area contributed by atoms with E-state index in [1.54, 1.807) is 0 Å². The molecule has 0 saturated heterocycles. The third-order valence-electron chi connectivity index (χ3n) is 4.03. The molecule has 2 aromatic carbocycles. The lowest BCUT2D eigenvalue weighted by Crippen LogP contribution is -2.26. The largest absolute Gasteiger partial charge is 0.481 e. The van der Waals surface area contributed by atoms with Gasteiger partial charge in [-0.3, -0.25) is 9.59 Å². The molecule has 3 aromatic rings. The summed E-state index contributed by atoms with van der Waals surface area (Å²) in [4.78, 5) is 36.3. The van der Waals surface area contributed by atoms with Crippen LogP contribution in [0.2, 0.25) is 0 Å². The number of aromatic nitrogens is 2. The van der Waals surface area contributed by atoms with E-state index >= 15 is 0 Å². The van der Waals surface area contributed by atoms with Gasteiger partial charge in [-0.1, -0.05) is 0 Å². The fraction of sp³-hybridized carbons (Fsp3) is 0.100. The predicted molar refractivity (Wildman–Crippen MR) is 102 cm³/mol. The van der Waals surface area contributed by atoms with E-state index in [1.807, 2.05) is 0 Å². The van der Waals surface area contributed by atoms with Gasteiger partial charge in [0, 0.05) is 11.8 Å².